The summed E-state index contributed by atoms with van der Waals surface area (Å²) in [6, 6.07) is 1.94. The molecule has 0 aliphatic heterocycles. The standard InChI is InChI=1S/C14H22BrN3O/c1-14(2,6-7-19-3)9-16-12-8-11(15)17-13(18-12)10-4-5-10/h8,10H,4-7,9H2,1-3H3,(H,16,17,18). The van der Waals surface area contributed by atoms with Crippen LogP contribution in [0.15, 0.2) is 10.7 Å². The van der Waals surface area contributed by atoms with Crippen molar-refractivity contribution in [2.45, 2.75) is 39.0 Å². The summed E-state index contributed by atoms with van der Waals surface area (Å²) in [6.45, 7) is 6.13. The molecule has 4 nitrogen and oxygen atoms in total. The largest absolute Gasteiger partial charge is 0.385 e. The van der Waals surface area contributed by atoms with Crippen molar-refractivity contribution < 1.29 is 4.74 Å². The summed E-state index contributed by atoms with van der Waals surface area (Å²) >= 11 is 3.46. The van der Waals surface area contributed by atoms with Crippen molar-refractivity contribution in [2.75, 3.05) is 25.6 Å². The molecule has 0 unspecified atom stereocenters. The van der Waals surface area contributed by atoms with Crippen LogP contribution in [0.5, 0.6) is 0 Å². The third-order valence-electron chi connectivity index (χ3n) is 3.39. The van der Waals surface area contributed by atoms with Crippen LogP contribution >= 0.6 is 15.9 Å². The van der Waals surface area contributed by atoms with Crippen molar-refractivity contribution in [3.05, 3.63) is 16.5 Å². The number of nitrogens with zero attached hydrogens (tertiary/aromatic N) is 2. The van der Waals surface area contributed by atoms with E-state index in [2.05, 4.69) is 45.1 Å². The summed E-state index contributed by atoms with van der Waals surface area (Å²) in [6.07, 6.45) is 3.46. The summed E-state index contributed by atoms with van der Waals surface area (Å²) in [5.41, 5.74) is 0.188. The maximum absolute atomic E-state index is 5.15. The molecule has 0 bridgehead atoms. The molecular weight excluding hydrogens is 306 g/mol. The molecule has 1 aromatic rings. The fourth-order valence-electron chi connectivity index (χ4n) is 1.85. The first-order valence-electron chi connectivity index (χ1n) is 6.77. The van der Waals surface area contributed by atoms with Gasteiger partial charge >= 0.3 is 0 Å². The first-order valence-corrected chi connectivity index (χ1v) is 7.57. The zero-order valence-corrected chi connectivity index (χ0v) is 13.5. The molecule has 0 atom stereocenters. The molecule has 0 radical (unpaired) electrons. The van der Waals surface area contributed by atoms with E-state index < -0.39 is 0 Å². The van der Waals surface area contributed by atoms with Gasteiger partial charge < -0.3 is 10.1 Å². The minimum Gasteiger partial charge on any atom is -0.385 e. The quantitative estimate of drug-likeness (QED) is 0.777. The average Bonchev–Trinajstić information content (AvgIpc) is 3.18. The summed E-state index contributed by atoms with van der Waals surface area (Å²) in [7, 11) is 1.74. The van der Waals surface area contributed by atoms with Crippen molar-refractivity contribution in [2.24, 2.45) is 5.41 Å². The van der Waals surface area contributed by atoms with E-state index in [0.717, 1.165) is 35.8 Å². The smallest absolute Gasteiger partial charge is 0.135 e. The zero-order chi connectivity index (χ0) is 13.9. The Morgan fingerprint density at radius 3 is 2.79 bits per heavy atom. The lowest BCUT2D eigenvalue weighted by molar-refractivity contribution is 0.157. The number of rotatable bonds is 7. The van der Waals surface area contributed by atoms with Gasteiger partial charge in [0, 0.05) is 32.2 Å². The molecule has 1 aliphatic carbocycles. The molecule has 1 N–H and O–H groups in total. The second-order valence-electron chi connectivity index (χ2n) is 5.97. The van der Waals surface area contributed by atoms with Gasteiger partial charge in [-0.05, 0) is 40.6 Å². The van der Waals surface area contributed by atoms with E-state index >= 15 is 0 Å². The van der Waals surface area contributed by atoms with E-state index in [1.165, 1.54) is 12.8 Å². The van der Waals surface area contributed by atoms with Gasteiger partial charge in [-0.1, -0.05) is 13.8 Å². The molecule has 1 fully saturated rings. The van der Waals surface area contributed by atoms with Crippen molar-refractivity contribution >= 4 is 21.7 Å². The molecule has 106 valence electrons. The van der Waals surface area contributed by atoms with Crippen molar-refractivity contribution in [3.8, 4) is 0 Å². The highest BCUT2D eigenvalue weighted by atomic mass is 79.9. The predicted octanol–water partition coefficient (Wildman–Crippen LogP) is 3.59. The Hall–Kier alpha value is -0.680. The Morgan fingerprint density at radius 1 is 1.42 bits per heavy atom. The number of hydrogen-bond donors (Lipinski definition) is 1. The summed E-state index contributed by atoms with van der Waals surface area (Å²) in [5.74, 6) is 2.44. The third kappa shape index (κ3) is 4.73. The lowest BCUT2D eigenvalue weighted by atomic mass is 9.90. The number of halogens is 1. The fraction of sp³-hybridized carbons (Fsp3) is 0.714. The maximum atomic E-state index is 5.15. The van der Waals surface area contributed by atoms with Crippen LogP contribution in [0, 0.1) is 5.41 Å². The van der Waals surface area contributed by atoms with E-state index in [1.807, 2.05) is 6.07 Å². The predicted molar refractivity (Wildman–Crippen MR) is 80.5 cm³/mol. The molecule has 1 saturated carbocycles. The second-order valence-corrected chi connectivity index (χ2v) is 6.78. The number of methoxy groups -OCH3 is 1. The monoisotopic (exact) mass is 327 g/mol. The van der Waals surface area contributed by atoms with E-state index in [9.17, 15) is 0 Å². The van der Waals surface area contributed by atoms with Crippen molar-refractivity contribution in [1.82, 2.24) is 9.97 Å². The van der Waals surface area contributed by atoms with Gasteiger partial charge in [-0.15, -0.1) is 0 Å². The summed E-state index contributed by atoms with van der Waals surface area (Å²) in [4.78, 5) is 9.03. The number of aromatic nitrogens is 2. The molecule has 1 heterocycles. The highest BCUT2D eigenvalue weighted by Gasteiger charge is 2.27. The van der Waals surface area contributed by atoms with Crippen LogP contribution in [0.4, 0.5) is 5.82 Å². The van der Waals surface area contributed by atoms with E-state index in [-0.39, 0.29) is 5.41 Å². The van der Waals surface area contributed by atoms with Crippen molar-refractivity contribution in [3.63, 3.8) is 0 Å². The Morgan fingerprint density at radius 2 is 2.16 bits per heavy atom. The number of hydrogen-bond acceptors (Lipinski definition) is 4. The van der Waals surface area contributed by atoms with Gasteiger partial charge in [0.1, 0.15) is 16.2 Å². The lowest BCUT2D eigenvalue weighted by Gasteiger charge is -2.25. The van der Waals surface area contributed by atoms with Crippen LogP contribution in [-0.2, 0) is 4.74 Å². The Balaban J connectivity index is 1.95. The van der Waals surface area contributed by atoms with Crippen LogP contribution < -0.4 is 5.32 Å². The molecule has 0 spiro atoms. The van der Waals surface area contributed by atoms with E-state index in [0.29, 0.717) is 5.92 Å². The first-order chi connectivity index (χ1) is 9.00. The topological polar surface area (TPSA) is 47.0 Å². The Labute approximate surface area is 123 Å². The van der Waals surface area contributed by atoms with Crippen LogP contribution in [0.2, 0.25) is 0 Å². The number of nitrogens with one attached hydrogen (secondary N) is 1. The summed E-state index contributed by atoms with van der Waals surface area (Å²) in [5, 5.41) is 3.42. The maximum Gasteiger partial charge on any atom is 0.135 e. The molecule has 19 heavy (non-hydrogen) atoms. The van der Waals surface area contributed by atoms with Crippen LogP contribution in [0.1, 0.15) is 44.9 Å². The minimum atomic E-state index is 0.188. The van der Waals surface area contributed by atoms with Gasteiger partial charge in [0.2, 0.25) is 0 Å². The van der Waals surface area contributed by atoms with E-state index in [1.54, 1.807) is 7.11 Å². The molecule has 0 aromatic carbocycles. The van der Waals surface area contributed by atoms with Crippen molar-refractivity contribution in [1.29, 1.82) is 0 Å². The first kappa shape index (κ1) is 14.7. The Kier molecular flexibility index (Phi) is 4.79. The molecule has 2 rings (SSSR count). The van der Waals surface area contributed by atoms with E-state index in [4.69, 9.17) is 4.74 Å². The lowest BCUT2D eigenvalue weighted by Crippen LogP contribution is -2.25. The Bertz CT molecular complexity index is 433. The molecule has 1 aromatic heterocycles. The van der Waals surface area contributed by atoms with Gasteiger partial charge in [-0.3, -0.25) is 0 Å². The normalized spacial score (nSPS) is 15.6. The van der Waals surface area contributed by atoms with Crippen LogP contribution in [0.25, 0.3) is 0 Å². The van der Waals surface area contributed by atoms with Gasteiger partial charge in [0.05, 0.1) is 0 Å². The SMILES string of the molecule is COCCC(C)(C)CNc1cc(Br)nc(C2CC2)n1. The van der Waals surface area contributed by atoms with Gasteiger partial charge in [0.15, 0.2) is 0 Å². The fourth-order valence-corrected chi connectivity index (χ4v) is 2.24. The van der Waals surface area contributed by atoms with Crippen LogP contribution in [0.3, 0.4) is 0 Å². The molecular formula is C14H22BrN3O. The molecule has 0 amide bonds. The number of ether oxygens (including phenoxy) is 1. The highest BCUT2D eigenvalue weighted by Crippen LogP contribution is 2.38. The average molecular weight is 328 g/mol. The number of anilines is 1. The molecule has 1 aliphatic rings. The van der Waals surface area contributed by atoms with Gasteiger partial charge in [-0.25, -0.2) is 9.97 Å². The molecule has 0 saturated heterocycles. The third-order valence-corrected chi connectivity index (χ3v) is 3.79. The van der Waals surface area contributed by atoms with Gasteiger partial charge in [0.25, 0.3) is 0 Å². The summed E-state index contributed by atoms with van der Waals surface area (Å²) < 4.78 is 6.01. The second kappa shape index (κ2) is 6.18. The highest BCUT2D eigenvalue weighted by molar-refractivity contribution is 9.10. The van der Waals surface area contributed by atoms with Gasteiger partial charge in [-0.2, -0.15) is 0 Å². The molecule has 5 heteroatoms. The van der Waals surface area contributed by atoms with Crippen LogP contribution in [-0.4, -0.2) is 30.2 Å². The zero-order valence-electron chi connectivity index (χ0n) is 11.9. The minimum absolute atomic E-state index is 0.188.